The molecule has 3 unspecified atom stereocenters. The smallest absolute Gasteiger partial charge is 0.253 e. The number of hydrogen-bond acceptors (Lipinski definition) is 6. The van der Waals surface area contributed by atoms with Crippen molar-refractivity contribution in [1.29, 1.82) is 0 Å². The first-order valence-electron chi connectivity index (χ1n) is 9.36. The molecule has 8 heteroatoms. The van der Waals surface area contributed by atoms with Gasteiger partial charge in [0.15, 0.2) is 0 Å². The van der Waals surface area contributed by atoms with Crippen molar-refractivity contribution in [2.24, 2.45) is 0 Å². The number of aromatic nitrogens is 1. The third-order valence-electron chi connectivity index (χ3n) is 4.53. The van der Waals surface area contributed by atoms with Crippen LogP contribution in [-0.4, -0.2) is 47.0 Å². The molecule has 3 atom stereocenters. The topological polar surface area (TPSA) is 101 Å². The standard InChI is InChI=1S/C13H18N2O4.C8H9FO/c1-8-2-3-12(19-8)13(18)15-9-4-5-14-10(6-9)11(17)7-16;1-6-7(9)4-3-5-8(6)10-2/h4-6,8,11-12,16-17H,2-3,7H2,1H3,(H,14,15,18);3-5H,1-2H3. The van der Waals surface area contributed by atoms with Crippen LogP contribution in [0.1, 0.15) is 37.1 Å². The van der Waals surface area contributed by atoms with Gasteiger partial charge in [0.05, 0.1) is 25.5 Å². The predicted octanol–water partition coefficient (Wildman–Crippen LogP) is 2.76. The Kier molecular flexibility index (Phi) is 8.50. The molecule has 1 saturated heterocycles. The third-order valence-corrected chi connectivity index (χ3v) is 4.53. The monoisotopic (exact) mass is 406 g/mol. The lowest BCUT2D eigenvalue weighted by Crippen LogP contribution is -2.27. The molecule has 1 amide bonds. The molecule has 2 heterocycles. The minimum atomic E-state index is -1.04. The van der Waals surface area contributed by atoms with Crippen LogP contribution in [0.3, 0.4) is 0 Å². The van der Waals surface area contributed by atoms with Gasteiger partial charge in [-0.2, -0.15) is 0 Å². The highest BCUT2D eigenvalue weighted by molar-refractivity contribution is 5.94. The fourth-order valence-electron chi connectivity index (χ4n) is 2.83. The molecule has 1 aromatic carbocycles. The summed E-state index contributed by atoms with van der Waals surface area (Å²) in [5.41, 5.74) is 1.41. The number of methoxy groups -OCH3 is 1. The molecule has 3 N–H and O–H groups in total. The van der Waals surface area contributed by atoms with Gasteiger partial charge in [-0.05, 0) is 51.0 Å². The van der Waals surface area contributed by atoms with Crippen molar-refractivity contribution in [1.82, 2.24) is 4.98 Å². The number of benzene rings is 1. The van der Waals surface area contributed by atoms with E-state index in [2.05, 4.69) is 10.3 Å². The van der Waals surface area contributed by atoms with Gasteiger partial charge in [0.25, 0.3) is 5.91 Å². The Morgan fingerprint density at radius 2 is 2.17 bits per heavy atom. The van der Waals surface area contributed by atoms with Gasteiger partial charge in [-0.15, -0.1) is 0 Å². The normalized spacial score (nSPS) is 19.1. The Morgan fingerprint density at radius 1 is 1.41 bits per heavy atom. The fraction of sp³-hybridized carbons (Fsp3) is 0.429. The number of nitrogens with zero attached hydrogens (tertiary/aromatic N) is 1. The summed E-state index contributed by atoms with van der Waals surface area (Å²) in [4.78, 5) is 15.9. The maximum absolute atomic E-state index is 12.7. The van der Waals surface area contributed by atoms with E-state index in [-0.39, 0.29) is 17.8 Å². The summed E-state index contributed by atoms with van der Waals surface area (Å²) in [5.74, 6) is 0.180. The van der Waals surface area contributed by atoms with Crippen molar-refractivity contribution in [3.8, 4) is 5.75 Å². The molecule has 1 aliphatic heterocycles. The molecule has 0 saturated carbocycles. The Labute approximate surface area is 169 Å². The lowest BCUT2D eigenvalue weighted by atomic mass is 10.2. The zero-order valence-corrected chi connectivity index (χ0v) is 16.8. The Morgan fingerprint density at radius 3 is 2.76 bits per heavy atom. The van der Waals surface area contributed by atoms with Crippen molar-refractivity contribution >= 4 is 11.6 Å². The quantitative estimate of drug-likeness (QED) is 0.706. The SMILES string of the molecule is CC1CCC(C(=O)Nc2ccnc(C(O)CO)c2)O1.COc1cccc(F)c1C. The number of pyridine rings is 1. The van der Waals surface area contributed by atoms with E-state index in [9.17, 15) is 14.3 Å². The van der Waals surface area contributed by atoms with Crippen LogP contribution in [0.4, 0.5) is 10.1 Å². The van der Waals surface area contributed by atoms with Gasteiger partial charge in [0, 0.05) is 17.4 Å². The number of amides is 1. The van der Waals surface area contributed by atoms with Crippen LogP contribution in [0.2, 0.25) is 0 Å². The molecule has 7 nitrogen and oxygen atoms in total. The van der Waals surface area contributed by atoms with Gasteiger partial charge in [-0.25, -0.2) is 4.39 Å². The lowest BCUT2D eigenvalue weighted by Gasteiger charge is -2.13. The maximum Gasteiger partial charge on any atom is 0.253 e. The van der Waals surface area contributed by atoms with E-state index in [4.69, 9.17) is 14.6 Å². The molecule has 0 spiro atoms. The number of carbonyl (C=O) groups is 1. The number of ether oxygens (including phenoxy) is 2. The summed E-state index contributed by atoms with van der Waals surface area (Å²) in [7, 11) is 1.53. The number of aliphatic hydroxyl groups is 2. The minimum absolute atomic E-state index is 0.111. The van der Waals surface area contributed by atoms with Gasteiger partial charge in [0.2, 0.25) is 0 Å². The number of hydrogen-bond donors (Lipinski definition) is 3. The number of anilines is 1. The predicted molar refractivity (Wildman–Crippen MR) is 106 cm³/mol. The molecule has 29 heavy (non-hydrogen) atoms. The molecule has 158 valence electrons. The minimum Gasteiger partial charge on any atom is -0.496 e. The van der Waals surface area contributed by atoms with Gasteiger partial charge in [-0.1, -0.05) is 6.07 Å². The summed E-state index contributed by atoms with van der Waals surface area (Å²) in [6.45, 7) is 3.22. The average molecular weight is 406 g/mol. The van der Waals surface area contributed by atoms with E-state index in [0.717, 1.165) is 6.42 Å². The highest BCUT2D eigenvalue weighted by Crippen LogP contribution is 2.21. The molecule has 0 bridgehead atoms. The largest absolute Gasteiger partial charge is 0.496 e. The van der Waals surface area contributed by atoms with Gasteiger partial charge in [-0.3, -0.25) is 9.78 Å². The van der Waals surface area contributed by atoms with E-state index in [0.29, 0.717) is 29.1 Å². The van der Waals surface area contributed by atoms with E-state index in [1.807, 2.05) is 6.92 Å². The summed E-state index contributed by atoms with van der Waals surface area (Å²) in [6.07, 6.45) is 1.71. The highest BCUT2D eigenvalue weighted by atomic mass is 19.1. The Bertz CT molecular complexity index is 817. The second-order valence-corrected chi connectivity index (χ2v) is 6.74. The first kappa shape index (κ1) is 22.7. The van der Waals surface area contributed by atoms with Crippen LogP contribution in [0, 0.1) is 12.7 Å². The van der Waals surface area contributed by atoms with E-state index < -0.39 is 18.8 Å². The molecule has 0 radical (unpaired) electrons. The summed E-state index contributed by atoms with van der Waals surface area (Å²) in [6, 6.07) is 7.94. The van der Waals surface area contributed by atoms with Gasteiger partial charge in [0.1, 0.15) is 23.8 Å². The van der Waals surface area contributed by atoms with Crippen LogP contribution in [0.25, 0.3) is 0 Å². The zero-order chi connectivity index (χ0) is 21.4. The van der Waals surface area contributed by atoms with Gasteiger partial charge < -0.3 is 25.0 Å². The first-order valence-corrected chi connectivity index (χ1v) is 9.36. The molecule has 0 aliphatic carbocycles. The van der Waals surface area contributed by atoms with Crippen molar-refractivity contribution in [3.05, 3.63) is 53.6 Å². The molecule has 1 aliphatic rings. The molecule has 1 aromatic heterocycles. The number of rotatable bonds is 5. The lowest BCUT2D eigenvalue weighted by molar-refractivity contribution is -0.126. The maximum atomic E-state index is 12.7. The van der Waals surface area contributed by atoms with Crippen molar-refractivity contribution < 1.29 is 28.9 Å². The molecule has 3 rings (SSSR count). The number of carbonyl (C=O) groups excluding carboxylic acids is 1. The van der Waals surface area contributed by atoms with Crippen LogP contribution in [-0.2, 0) is 9.53 Å². The van der Waals surface area contributed by atoms with Gasteiger partial charge >= 0.3 is 0 Å². The number of halogens is 1. The van der Waals surface area contributed by atoms with Crippen molar-refractivity contribution in [2.45, 2.75) is 45.0 Å². The Hall–Kier alpha value is -2.55. The first-order chi connectivity index (χ1) is 13.8. The van der Waals surface area contributed by atoms with E-state index in [1.54, 1.807) is 25.1 Å². The van der Waals surface area contributed by atoms with E-state index in [1.165, 1.54) is 25.4 Å². The van der Waals surface area contributed by atoms with Crippen LogP contribution < -0.4 is 10.1 Å². The second kappa shape index (κ2) is 10.8. The summed E-state index contributed by atoms with van der Waals surface area (Å²) in [5, 5.41) is 21.1. The highest BCUT2D eigenvalue weighted by Gasteiger charge is 2.28. The van der Waals surface area contributed by atoms with Crippen molar-refractivity contribution in [2.75, 3.05) is 19.0 Å². The van der Waals surface area contributed by atoms with Crippen LogP contribution in [0.5, 0.6) is 5.75 Å². The zero-order valence-electron chi connectivity index (χ0n) is 16.8. The molecular weight excluding hydrogens is 379 g/mol. The van der Waals surface area contributed by atoms with Crippen molar-refractivity contribution in [3.63, 3.8) is 0 Å². The molecular formula is C21H27FN2O5. The van der Waals surface area contributed by atoms with Crippen LogP contribution in [0.15, 0.2) is 36.5 Å². The van der Waals surface area contributed by atoms with Crippen LogP contribution >= 0.6 is 0 Å². The summed E-state index contributed by atoms with van der Waals surface area (Å²) < 4.78 is 23.0. The second-order valence-electron chi connectivity index (χ2n) is 6.74. The average Bonchev–Trinajstić information content (AvgIpc) is 3.16. The number of nitrogens with one attached hydrogen (secondary N) is 1. The molecule has 1 fully saturated rings. The molecule has 2 aromatic rings. The van der Waals surface area contributed by atoms with E-state index >= 15 is 0 Å². The number of aliphatic hydroxyl groups excluding tert-OH is 2. The summed E-state index contributed by atoms with van der Waals surface area (Å²) >= 11 is 0. The fourth-order valence-corrected chi connectivity index (χ4v) is 2.83. The third kappa shape index (κ3) is 6.49. The Balaban J connectivity index is 0.000000253.